The van der Waals surface area contributed by atoms with Crippen LogP contribution in [0.4, 0.5) is 8.78 Å². The van der Waals surface area contributed by atoms with Gasteiger partial charge in [0.25, 0.3) is 0 Å². The van der Waals surface area contributed by atoms with E-state index in [-0.39, 0.29) is 24.0 Å². The Balaban J connectivity index is 0.00000218. The van der Waals surface area contributed by atoms with Crippen molar-refractivity contribution in [2.75, 3.05) is 13.1 Å². The molecule has 0 radical (unpaired) electrons. The van der Waals surface area contributed by atoms with Crippen LogP contribution < -0.4 is 0 Å². The van der Waals surface area contributed by atoms with Gasteiger partial charge in [0.1, 0.15) is 11.6 Å². The van der Waals surface area contributed by atoms with Crippen molar-refractivity contribution in [1.82, 2.24) is 19.4 Å². The third-order valence-electron chi connectivity index (χ3n) is 5.58. The van der Waals surface area contributed by atoms with Crippen molar-refractivity contribution in [1.29, 1.82) is 0 Å². The molecule has 0 N–H and O–H groups in total. The predicted molar refractivity (Wildman–Crippen MR) is 115 cm³/mol. The standard InChI is InChI=1S/C23H20F2N4.ClH/c24-16-1-4-19(5-2-16)29-22-6-3-17(25)13-20(22)21-15-28(12-8-23(21)29)11-7-18-14-26-9-10-27-18;/h1-6,9-10,13-14H,7-8,11-12,15H2;1H. The van der Waals surface area contributed by atoms with Crippen molar-refractivity contribution >= 4 is 23.3 Å². The molecular formula is C23H21ClF2N4. The molecule has 0 saturated heterocycles. The fraction of sp³-hybridized carbons (Fsp3) is 0.217. The lowest BCUT2D eigenvalue weighted by Crippen LogP contribution is -2.32. The summed E-state index contributed by atoms with van der Waals surface area (Å²) in [5.41, 5.74) is 5.15. The van der Waals surface area contributed by atoms with Gasteiger partial charge in [-0.05, 0) is 48.0 Å². The molecule has 1 aliphatic heterocycles. The first-order valence-electron chi connectivity index (χ1n) is 9.74. The van der Waals surface area contributed by atoms with Crippen LogP contribution >= 0.6 is 12.4 Å². The zero-order valence-electron chi connectivity index (χ0n) is 16.3. The SMILES string of the molecule is Cl.Fc1ccc(-n2c3c(c4cc(F)ccc42)CN(CCc2cnccn2)CC3)cc1. The highest BCUT2D eigenvalue weighted by Crippen LogP contribution is 2.34. The first-order valence-corrected chi connectivity index (χ1v) is 9.74. The van der Waals surface area contributed by atoms with Gasteiger partial charge in [0.05, 0.1) is 11.2 Å². The first-order chi connectivity index (χ1) is 14.2. The van der Waals surface area contributed by atoms with Crippen LogP contribution in [0.2, 0.25) is 0 Å². The Kier molecular flexibility index (Phi) is 5.79. The molecule has 3 heterocycles. The van der Waals surface area contributed by atoms with E-state index in [0.29, 0.717) is 0 Å². The number of halogens is 3. The minimum absolute atomic E-state index is 0. The van der Waals surface area contributed by atoms with Gasteiger partial charge in [0.15, 0.2) is 0 Å². The molecule has 4 aromatic rings. The molecule has 0 saturated carbocycles. The van der Waals surface area contributed by atoms with E-state index < -0.39 is 0 Å². The summed E-state index contributed by atoms with van der Waals surface area (Å²) >= 11 is 0. The number of benzene rings is 2. The van der Waals surface area contributed by atoms with E-state index in [0.717, 1.165) is 60.3 Å². The van der Waals surface area contributed by atoms with Crippen LogP contribution in [0.25, 0.3) is 16.6 Å². The molecular weight excluding hydrogens is 406 g/mol. The first kappa shape index (κ1) is 20.4. The third-order valence-corrected chi connectivity index (χ3v) is 5.58. The Hall–Kier alpha value is -2.83. The minimum Gasteiger partial charge on any atom is -0.313 e. The maximum Gasteiger partial charge on any atom is 0.123 e. The number of aromatic nitrogens is 3. The van der Waals surface area contributed by atoms with E-state index >= 15 is 0 Å². The molecule has 0 fully saturated rings. The fourth-order valence-electron chi connectivity index (χ4n) is 4.19. The predicted octanol–water partition coefficient (Wildman–Crippen LogP) is 4.72. The van der Waals surface area contributed by atoms with E-state index in [2.05, 4.69) is 19.4 Å². The van der Waals surface area contributed by atoms with Crippen LogP contribution in [0.5, 0.6) is 0 Å². The van der Waals surface area contributed by atoms with E-state index in [4.69, 9.17) is 0 Å². The lowest BCUT2D eigenvalue weighted by atomic mass is 10.0. The second-order valence-electron chi connectivity index (χ2n) is 7.37. The summed E-state index contributed by atoms with van der Waals surface area (Å²) < 4.78 is 29.6. The van der Waals surface area contributed by atoms with Crippen molar-refractivity contribution in [3.8, 4) is 5.69 Å². The number of hydrogen-bond donors (Lipinski definition) is 0. The summed E-state index contributed by atoms with van der Waals surface area (Å²) in [5.74, 6) is -0.506. The van der Waals surface area contributed by atoms with Gasteiger partial charge in [-0.15, -0.1) is 12.4 Å². The molecule has 154 valence electrons. The van der Waals surface area contributed by atoms with Crippen LogP contribution in [-0.4, -0.2) is 32.5 Å². The van der Waals surface area contributed by atoms with Crippen LogP contribution in [-0.2, 0) is 19.4 Å². The number of fused-ring (bicyclic) bond motifs is 3. The van der Waals surface area contributed by atoms with Crippen molar-refractivity contribution in [3.05, 3.63) is 89.6 Å². The van der Waals surface area contributed by atoms with Gasteiger partial charge in [0, 0.05) is 67.8 Å². The van der Waals surface area contributed by atoms with E-state index in [1.807, 2.05) is 6.07 Å². The molecule has 30 heavy (non-hydrogen) atoms. The normalized spacial score (nSPS) is 13.8. The molecule has 1 aliphatic rings. The molecule has 0 amide bonds. The maximum absolute atomic E-state index is 14.1. The van der Waals surface area contributed by atoms with Crippen LogP contribution in [0.15, 0.2) is 61.1 Å². The van der Waals surface area contributed by atoms with Crippen molar-refractivity contribution in [3.63, 3.8) is 0 Å². The number of rotatable bonds is 4. The van der Waals surface area contributed by atoms with Gasteiger partial charge in [0.2, 0.25) is 0 Å². The molecule has 0 bridgehead atoms. The smallest absolute Gasteiger partial charge is 0.123 e. The Morgan fingerprint density at radius 2 is 1.77 bits per heavy atom. The highest BCUT2D eigenvalue weighted by Gasteiger charge is 2.25. The summed E-state index contributed by atoms with van der Waals surface area (Å²) in [6, 6.07) is 11.4. The van der Waals surface area contributed by atoms with Gasteiger partial charge >= 0.3 is 0 Å². The van der Waals surface area contributed by atoms with Crippen LogP contribution in [0.3, 0.4) is 0 Å². The highest BCUT2D eigenvalue weighted by molar-refractivity contribution is 5.87. The topological polar surface area (TPSA) is 34.0 Å². The summed E-state index contributed by atoms with van der Waals surface area (Å²) in [7, 11) is 0. The van der Waals surface area contributed by atoms with E-state index in [9.17, 15) is 8.78 Å². The molecule has 0 aliphatic carbocycles. The molecule has 2 aromatic heterocycles. The molecule has 0 unspecified atom stereocenters. The van der Waals surface area contributed by atoms with Gasteiger partial charge in [-0.2, -0.15) is 0 Å². The maximum atomic E-state index is 14.1. The van der Waals surface area contributed by atoms with Crippen molar-refractivity contribution in [2.45, 2.75) is 19.4 Å². The van der Waals surface area contributed by atoms with Gasteiger partial charge in [-0.25, -0.2) is 8.78 Å². The Morgan fingerprint density at radius 1 is 0.967 bits per heavy atom. The number of nitrogens with zero attached hydrogens (tertiary/aromatic N) is 4. The van der Waals surface area contributed by atoms with Crippen molar-refractivity contribution < 1.29 is 8.78 Å². The van der Waals surface area contributed by atoms with Gasteiger partial charge in [-0.1, -0.05) is 0 Å². The van der Waals surface area contributed by atoms with Gasteiger partial charge < -0.3 is 4.57 Å². The summed E-state index contributed by atoms with van der Waals surface area (Å²) in [5, 5.41) is 0.925. The number of hydrogen-bond acceptors (Lipinski definition) is 3. The van der Waals surface area contributed by atoms with Crippen LogP contribution in [0.1, 0.15) is 17.0 Å². The van der Waals surface area contributed by atoms with E-state index in [1.165, 1.54) is 23.9 Å². The zero-order valence-corrected chi connectivity index (χ0v) is 17.1. The molecule has 2 aromatic carbocycles. The second kappa shape index (κ2) is 8.50. The Bertz CT molecular complexity index is 1160. The Labute approximate surface area is 179 Å². The molecule has 0 spiro atoms. The van der Waals surface area contributed by atoms with Crippen molar-refractivity contribution in [2.24, 2.45) is 0 Å². The van der Waals surface area contributed by atoms with Gasteiger partial charge in [-0.3, -0.25) is 14.9 Å². The largest absolute Gasteiger partial charge is 0.313 e. The summed E-state index contributed by atoms with van der Waals surface area (Å²) in [6.45, 7) is 2.54. The Morgan fingerprint density at radius 3 is 2.53 bits per heavy atom. The molecule has 4 nitrogen and oxygen atoms in total. The van der Waals surface area contributed by atoms with Crippen LogP contribution in [0, 0.1) is 11.6 Å². The average molecular weight is 427 g/mol. The molecule has 7 heteroatoms. The minimum atomic E-state index is -0.264. The highest BCUT2D eigenvalue weighted by atomic mass is 35.5. The van der Waals surface area contributed by atoms with E-state index in [1.54, 1.807) is 36.8 Å². The summed E-state index contributed by atoms with van der Waals surface area (Å²) in [4.78, 5) is 10.8. The lowest BCUT2D eigenvalue weighted by molar-refractivity contribution is 0.255. The lowest BCUT2D eigenvalue weighted by Gasteiger charge is -2.28. The molecule has 5 rings (SSSR count). The fourth-order valence-corrected chi connectivity index (χ4v) is 4.19. The average Bonchev–Trinajstić information content (AvgIpc) is 3.06. The third kappa shape index (κ3) is 3.80. The summed E-state index contributed by atoms with van der Waals surface area (Å²) in [6.07, 6.45) is 6.86. The molecule has 0 atom stereocenters. The zero-order chi connectivity index (χ0) is 19.8. The monoisotopic (exact) mass is 426 g/mol. The quantitative estimate of drug-likeness (QED) is 0.473. The second-order valence-corrected chi connectivity index (χ2v) is 7.37.